The van der Waals surface area contributed by atoms with E-state index in [4.69, 9.17) is 23.2 Å². The summed E-state index contributed by atoms with van der Waals surface area (Å²) in [5, 5.41) is 3.86. The maximum Gasteiger partial charge on any atom is 0.251 e. The van der Waals surface area contributed by atoms with Gasteiger partial charge >= 0.3 is 0 Å². The molecular formula is C16H11Cl2N3O. The zero-order valence-corrected chi connectivity index (χ0v) is 12.9. The number of halogens is 2. The summed E-state index contributed by atoms with van der Waals surface area (Å²) in [6, 6.07) is 10.4. The minimum absolute atomic E-state index is 0.219. The zero-order valence-electron chi connectivity index (χ0n) is 11.4. The lowest BCUT2D eigenvalue weighted by Crippen LogP contribution is -2.23. The Balaban J connectivity index is 1.79. The molecule has 1 N–H and O–H groups in total. The van der Waals surface area contributed by atoms with E-state index in [0.717, 1.165) is 5.52 Å². The third-order valence-corrected chi connectivity index (χ3v) is 3.93. The van der Waals surface area contributed by atoms with Gasteiger partial charge < -0.3 is 5.32 Å². The molecule has 0 saturated carbocycles. The predicted octanol–water partition coefficient (Wildman–Crippen LogP) is 3.87. The molecule has 2 aromatic carbocycles. The number of nitrogens with one attached hydrogen (secondary N) is 1. The first-order valence-corrected chi connectivity index (χ1v) is 7.32. The van der Waals surface area contributed by atoms with E-state index in [1.54, 1.807) is 48.8 Å². The van der Waals surface area contributed by atoms with Crippen LogP contribution in [-0.2, 0) is 6.54 Å². The van der Waals surface area contributed by atoms with Gasteiger partial charge in [0.15, 0.2) is 0 Å². The topological polar surface area (TPSA) is 54.9 Å². The van der Waals surface area contributed by atoms with Crippen LogP contribution in [0.4, 0.5) is 0 Å². The van der Waals surface area contributed by atoms with Crippen LogP contribution in [0.5, 0.6) is 0 Å². The molecule has 0 radical (unpaired) electrons. The Hall–Kier alpha value is -2.17. The van der Waals surface area contributed by atoms with Crippen molar-refractivity contribution in [3.8, 4) is 0 Å². The molecule has 22 heavy (non-hydrogen) atoms. The third-order valence-electron chi connectivity index (χ3n) is 3.22. The molecule has 0 spiro atoms. The number of rotatable bonds is 3. The lowest BCUT2D eigenvalue weighted by Gasteiger charge is -2.09. The highest BCUT2D eigenvalue weighted by molar-refractivity contribution is 6.36. The lowest BCUT2D eigenvalue weighted by molar-refractivity contribution is 0.0951. The highest BCUT2D eigenvalue weighted by atomic mass is 35.5. The summed E-state index contributed by atoms with van der Waals surface area (Å²) in [5.74, 6) is -0.219. The number of amides is 1. The number of benzene rings is 2. The molecule has 0 fully saturated rings. The highest BCUT2D eigenvalue weighted by Gasteiger charge is 2.10. The minimum atomic E-state index is -0.219. The van der Waals surface area contributed by atoms with E-state index in [1.165, 1.54) is 0 Å². The van der Waals surface area contributed by atoms with Crippen molar-refractivity contribution in [2.24, 2.45) is 0 Å². The number of aromatic nitrogens is 2. The van der Waals surface area contributed by atoms with Crippen LogP contribution in [0, 0.1) is 0 Å². The van der Waals surface area contributed by atoms with Gasteiger partial charge in [0.1, 0.15) is 0 Å². The smallest absolute Gasteiger partial charge is 0.251 e. The van der Waals surface area contributed by atoms with Crippen molar-refractivity contribution in [3.63, 3.8) is 0 Å². The van der Waals surface area contributed by atoms with Crippen molar-refractivity contribution >= 4 is 40.1 Å². The zero-order chi connectivity index (χ0) is 15.5. The SMILES string of the molecule is O=C(NCc1c(Cl)cccc1Cl)c1ccc2nccnc2c1. The molecule has 1 heterocycles. The largest absolute Gasteiger partial charge is 0.348 e. The number of nitrogens with zero attached hydrogens (tertiary/aromatic N) is 2. The van der Waals surface area contributed by atoms with Crippen LogP contribution in [0.15, 0.2) is 48.8 Å². The first-order valence-electron chi connectivity index (χ1n) is 6.57. The van der Waals surface area contributed by atoms with Gasteiger partial charge in [0, 0.05) is 40.1 Å². The van der Waals surface area contributed by atoms with Crippen molar-refractivity contribution in [2.75, 3.05) is 0 Å². The van der Waals surface area contributed by atoms with Gasteiger partial charge in [0.05, 0.1) is 11.0 Å². The van der Waals surface area contributed by atoms with Gasteiger partial charge in [-0.25, -0.2) is 0 Å². The van der Waals surface area contributed by atoms with Gasteiger partial charge in [-0.2, -0.15) is 0 Å². The van der Waals surface area contributed by atoms with Crippen molar-refractivity contribution in [1.82, 2.24) is 15.3 Å². The van der Waals surface area contributed by atoms with Crippen molar-refractivity contribution in [2.45, 2.75) is 6.54 Å². The summed E-state index contributed by atoms with van der Waals surface area (Å²) in [5.41, 5.74) is 2.62. The van der Waals surface area contributed by atoms with E-state index >= 15 is 0 Å². The quantitative estimate of drug-likeness (QED) is 0.792. The number of carbonyl (C=O) groups is 1. The molecule has 4 nitrogen and oxygen atoms in total. The van der Waals surface area contributed by atoms with Crippen LogP contribution in [0.1, 0.15) is 15.9 Å². The molecule has 0 saturated heterocycles. The molecule has 0 aliphatic rings. The fourth-order valence-electron chi connectivity index (χ4n) is 2.08. The van der Waals surface area contributed by atoms with Crippen LogP contribution in [-0.4, -0.2) is 15.9 Å². The van der Waals surface area contributed by atoms with Gasteiger partial charge in [-0.05, 0) is 30.3 Å². The number of carbonyl (C=O) groups excluding carboxylic acids is 1. The third kappa shape index (κ3) is 3.03. The highest BCUT2D eigenvalue weighted by Crippen LogP contribution is 2.24. The Morgan fingerprint density at radius 3 is 2.41 bits per heavy atom. The molecule has 1 amide bonds. The molecule has 3 rings (SSSR count). The van der Waals surface area contributed by atoms with E-state index in [-0.39, 0.29) is 12.5 Å². The Kier molecular flexibility index (Phi) is 4.22. The van der Waals surface area contributed by atoms with Gasteiger partial charge in [-0.15, -0.1) is 0 Å². The van der Waals surface area contributed by atoms with Crippen LogP contribution < -0.4 is 5.32 Å². The maximum absolute atomic E-state index is 12.2. The summed E-state index contributed by atoms with van der Waals surface area (Å²) >= 11 is 12.2. The number of hydrogen-bond donors (Lipinski definition) is 1. The standard InChI is InChI=1S/C16H11Cl2N3O/c17-12-2-1-3-13(18)11(12)9-21-16(22)10-4-5-14-15(8-10)20-7-6-19-14/h1-8H,9H2,(H,21,22). The molecule has 0 bridgehead atoms. The van der Waals surface area contributed by atoms with Crippen LogP contribution in [0.3, 0.4) is 0 Å². The average Bonchev–Trinajstić information content (AvgIpc) is 2.53. The van der Waals surface area contributed by atoms with Crippen LogP contribution in [0.25, 0.3) is 11.0 Å². The molecule has 6 heteroatoms. The Bertz CT molecular complexity index is 831. The van der Waals surface area contributed by atoms with Crippen LogP contribution in [0.2, 0.25) is 10.0 Å². The summed E-state index contributed by atoms with van der Waals surface area (Å²) in [6.45, 7) is 0.260. The van der Waals surface area contributed by atoms with Crippen molar-refractivity contribution in [1.29, 1.82) is 0 Å². The fourth-order valence-corrected chi connectivity index (χ4v) is 2.61. The molecule has 0 unspecified atom stereocenters. The summed E-state index contributed by atoms with van der Waals surface area (Å²) < 4.78 is 0. The van der Waals surface area contributed by atoms with E-state index < -0.39 is 0 Å². The van der Waals surface area contributed by atoms with Crippen molar-refractivity contribution < 1.29 is 4.79 Å². The molecule has 110 valence electrons. The van der Waals surface area contributed by atoms with E-state index in [1.807, 2.05) is 0 Å². The van der Waals surface area contributed by atoms with E-state index in [0.29, 0.717) is 26.7 Å². The molecular weight excluding hydrogens is 321 g/mol. The Morgan fingerprint density at radius 2 is 1.68 bits per heavy atom. The summed E-state index contributed by atoms with van der Waals surface area (Å²) in [6.07, 6.45) is 3.20. The molecule has 0 atom stereocenters. The average molecular weight is 332 g/mol. The first kappa shape index (κ1) is 14.8. The van der Waals surface area contributed by atoms with Gasteiger partial charge in [-0.3, -0.25) is 14.8 Å². The second kappa shape index (κ2) is 6.30. The van der Waals surface area contributed by atoms with Crippen molar-refractivity contribution in [3.05, 3.63) is 70.0 Å². The first-order chi connectivity index (χ1) is 10.6. The molecule has 1 aromatic heterocycles. The summed E-state index contributed by atoms with van der Waals surface area (Å²) in [7, 11) is 0. The summed E-state index contributed by atoms with van der Waals surface area (Å²) in [4.78, 5) is 20.6. The second-order valence-electron chi connectivity index (χ2n) is 4.64. The van der Waals surface area contributed by atoms with Gasteiger partial charge in [-0.1, -0.05) is 29.3 Å². The van der Waals surface area contributed by atoms with Gasteiger partial charge in [0.2, 0.25) is 0 Å². The Morgan fingerprint density at radius 1 is 1.00 bits per heavy atom. The van der Waals surface area contributed by atoms with Crippen LogP contribution >= 0.6 is 23.2 Å². The fraction of sp³-hybridized carbons (Fsp3) is 0.0625. The second-order valence-corrected chi connectivity index (χ2v) is 5.46. The minimum Gasteiger partial charge on any atom is -0.348 e. The molecule has 0 aliphatic heterocycles. The van der Waals surface area contributed by atoms with E-state index in [9.17, 15) is 4.79 Å². The Labute approximate surface area is 137 Å². The predicted molar refractivity (Wildman–Crippen MR) is 87.2 cm³/mol. The van der Waals surface area contributed by atoms with Gasteiger partial charge in [0.25, 0.3) is 5.91 Å². The normalized spacial score (nSPS) is 10.6. The molecule has 0 aliphatic carbocycles. The lowest BCUT2D eigenvalue weighted by atomic mass is 10.1. The van der Waals surface area contributed by atoms with E-state index in [2.05, 4.69) is 15.3 Å². The number of hydrogen-bond acceptors (Lipinski definition) is 3. The maximum atomic E-state index is 12.2. The monoisotopic (exact) mass is 331 g/mol. The molecule has 3 aromatic rings. The number of fused-ring (bicyclic) bond motifs is 1.